The van der Waals surface area contributed by atoms with Gasteiger partial charge in [0.25, 0.3) is 0 Å². The molecule has 2 aromatic heterocycles. The van der Waals surface area contributed by atoms with Crippen LogP contribution >= 0.6 is 0 Å². The number of hydrogen-bond donors (Lipinski definition) is 2. The number of H-pyrrole nitrogens is 1. The number of nitrogens with zero attached hydrogens (tertiary/aromatic N) is 2. The second-order valence-electron chi connectivity index (χ2n) is 5.73. The Morgan fingerprint density at radius 1 is 1.59 bits per heavy atom. The van der Waals surface area contributed by atoms with E-state index >= 15 is 0 Å². The molecule has 0 unspecified atom stereocenters. The van der Waals surface area contributed by atoms with E-state index in [4.69, 9.17) is 4.42 Å². The van der Waals surface area contributed by atoms with Crippen molar-refractivity contribution in [3.8, 4) is 0 Å². The van der Waals surface area contributed by atoms with Crippen molar-refractivity contribution in [3.05, 3.63) is 41.6 Å². The molecule has 0 aromatic carbocycles. The number of aromatic nitrogens is 2. The van der Waals surface area contributed by atoms with Crippen molar-refractivity contribution in [2.24, 2.45) is 0 Å². The van der Waals surface area contributed by atoms with Crippen molar-refractivity contribution in [1.82, 2.24) is 20.4 Å². The molecule has 0 aliphatic heterocycles. The molecule has 6 nitrogen and oxygen atoms in total. The van der Waals surface area contributed by atoms with Crippen LogP contribution < -0.4 is 5.32 Å². The molecule has 0 spiro atoms. The average molecular weight is 302 g/mol. The van der Waals surface area contributed by atoms with Gasteiger partial charge in [-0.2, -0.15) is 5.10 Å². The van der Waals surface area contributed by atoms with Crippen LogP contribution in [0.3, 0.4) is 0 Å². The van der Waals surface area contributed by atoms with Crippen LogP contribution in [0.2, 0.25) is 0 Å². The van der Waals surface area contributed by atoms with Crippen LogP contribution in [0.4, 0.5) is 4.79 Å². The molecule has 3 rings (SSSR count). The van der Waals surface area contributed by atoms with Gasteiger partial charge in [0.1, 0.15) is 5.76 Å². The van der Waals surface area contributed by atoms with Crippen molar-refractivity contribution in [1.29, 1.82) is 0 Å². The zero-order valence-electron chi connectivity index (χ0n) is 13.0. The minimum atomic E-state index is -0.0598. The van der Waals surface area contributed by atoms with E-state index in [0.717, 1.165) is 36.4 Å². The molecule has 6 heteroatoms. The summed E-state index contributed by atoms with van der Waals surface area (Å²) in [5.74, 6) is 0.817. The fourth-order valence-electron chi connectivity index (χ4n) is 2.62. The second-order valence-corrected chi connectivity index (χ2v) is 5.73. The Bertz CT molecular complexity index is 616. The first-order valence-electron chi connectivity index (χ1n) is 7.81. The Morgan fingerprint density at radius 2 is 2.41 bits per heavy atom. The topological polar surface area (TPSA) is 74.2 Å². The van der Waals surface area contributed by atoms with Crippen LogP contribution in [0.25, 0.3) is 0 Å². The number of urea groups is 1. The maximum absolute atomic E-state index is 12.5. The van der Waals surface area contributed by atoms with Crippen molar-refractivity contribution in [2.75, 3.05) is 0 Å². The molecule has 1 atom stereocenters. The first kappa shape index (κ1) is 14.7. The summed E-state index contributed by atoms with van der Waals surface area (Å²) in [7, 11) is 0. The molecule has 0 bridgehead atoms. The molecule has 0 radical (unpaired) electrons. The monoisotopic (exact) mass is 302 g/mol. The van der Waals surface area contributed by atoms with Gasteiger partial charge >= 0.3 is 6.03 Å². The van der Waals surface area contributed by atoms with Crippen molar-refractivity contribution in [2.45, 2.75) is 51.7 Å². The molecule has 22 heavy (non-hydrogen) atoms. The minimum absolute atomic E-state index is 0.0564. The van der Waals surface area contributed by atoms with Gasteiger partial charge in [0, 0.05) is 6.04 Å². The molecular weight excluding hydrogens is 280 g/mol. The molecule has 1 fully saturated rings. The summed E-state index contributed by atoms with van der Waals surface area (Å²) in [4.78, 5) is 14.4. The molecule has 1 saturated carbocycles. The summed E-state index contributed by atoms with van der Waals surface area (Å²) in [6.07, 6.45) is 4.64. The molecule has 0 saturated heterocycles. The lowest BCUT2D eigenvalue weighted by Crippen LogP contribution is -2.42. The van der Waals surface area contributed by atoms with E-state index in [0.29, 0.717) is 12.6 Å². The number of carbonyl (C=O) groups excluding carboxylic acids is 1. The summed E-state index contributed by atoms with van der Waals surface area (Å²) in [5, 5.41) is 10.1. The molecule has 2 N–H and O–H groups in total. The Balaban J connectivity index is 1.63. The number of rotatable bonds is 6. The summed E-state index contributed by atoms with van der Waals surface area (Å²) in [5.41, 5.74) is 1.93. The van der Waals surface area contributed by atoms with E-state index < -0.39 is 0 Å². The fourth-order valence-corrected chi connectivity index (χ4v) is 2.62. The van der Waals surface area contributed by atoms with E-state index in [1.54, 1.807) is 6.26 Å². The third-order valence-electron chi connectivity index (χ3n) is 4.02. The maximum Gasteiger partial charge on any atom is 0.318 e. The van der Waals surface area contributed by atoms with E-state index in [9.17, 15) is 4.79 Å². The van der Waals surface area contributed by atoms with E-state index in [1.807, 2.05) is 30.0 Å². The molecule has 2 aromatic rings. The van der Waals surface area contributed by atoms with Crippen LogP contribution in [0.15, 0.2) is 28.9 Å². The lowest BCUT2D eigenvalue weighted by molar-refractivity contribution is 0.166. The average Bonchev–Trinajstić information content (AvgIpc) is 3.05. The molecule has 1 aliphatic carbocycles. The van der Waals surface area contributed by atoms with E-state index in [2.05, 4.69) is 22.4 Å². The Kier molecular flexibility index (Phi) is 4.18. The number of nitrogens with one attached hydrogen (secondary N) is 2. The quantitative estimate of drug-likeness (QED) is 0.861. The van der Waals surface area contributed by atoms with Crippen LogP contribution in [-0.4, -0.2) is 27.2 Å². The number of amides is 2. The van der Waals surface area contributed by atoms with Crippen molar-refractivity contribution < 1.29 is 9.21 Å². The molecule has 1 aliphatic rings. The number of hydrogen-bond acceptors (Lipinski definition) is 3. The van der Waals surface area contributed by atoms with Gasteiger partial charge in [-0.3, -0.25) is 5.10 Å². The van der Waals surface area contributed by atoms with Gasteiger partial charge in [0.15, 0.2) is 0 Å². The van der Waals surface area contributed by atoms with Gasteiger partial charge in [0.2, 0.25) is 0 Å². The zero-order chi connectivity index (χ0) is 15.5. The standard InChI is InChI=1S/C16H22N4O2/c1-3-12-9-13(19-18-12)10-17-16(21)20(14-6-7-14)11(2)15-5-4-8-22-15/h4-5,8-9,11,14H,3,6-7,10H2,1-2H3,(H,17,21)(H,18,19)/t11-/m1/s1. The summed E-state index contributed by atoms with van der Waals surface area (Å²) < 4.78 is 5.45. The fraction of sp³-hybridized carbons (Fsp3) is 0.500. The van der Waals surface area contributed by atoms with Gasteiger partial charge in [-0.15, -0.1) is 0 Å². The lowest BCUT2D eigenvalue weighted by atomic mass is 10.2. The maximum atomic E-state index is 12.5. The van der Waals surface area contributed by atoms with Crippen molar-refractivity contribution >= 4 is 6.03 Å². The van der Waals surface area contributed by atoms with Gasteiger partial charge in [0.05, 0.1) is 30.2 Å². The molecular formula is C16H22N4O2. The molecule has 118 valence electrons. The minimum Gasteiger partial charge on any atom is -0.467 e. The van der Waals surface area contributed by atoms with Gasteiger partial charge < -0.3 is 14.6 Å². The van der Waals surface area contributed by atoms with E-state index in [1.165, 1.54) is 0 Å². The summed E-state index contributed by atoms with van der Waals surface area (Å²) >= 11 is 0. The van der Waals surface area contributed by atoms with Crippen LogP contribution in [0.1, 0.15) is 49.9 Å². The zero-order valence-corrected chi connectivity index (χ0v) is 13.0. The van der Waals surface area contributed by atoms with Gasteiger partial charge in [-0.25, -0.2) is 4.79 Å². The van der Waals surface area contributed by atoms with Crippen LogP contribution in [-0.2, 0) is 13.0 Å². The third-order valence-corrected chi connectivity index (χ3v) is 4.02. The normalized spacial score (nSPS) is 15.5. The first-order chi connectivity index (χ1) is 10.7. The third kappa shape index (κ3) is 3.16. The highest BCUT2D eigenvalue weighted by Gasteiger charge is 2.37. The smallest absolute Gasteiger partial charge is 0.318 e. The van der Waals surface area contributed by atoms with Crippen LogP contribution in [0, 0.1) is 0 Å². The molecule has 2 amide bonds. The summed E-state index contributed by atoms with van der Waals surface area (Å²) in [6.45, 7) is 4.51. The number of aryl methyl sites for hydroxylation is 1. The number of aromatic amines is 1. The Morgan fingerprint density at radius 3 is 3.00 bits per heavy atom. The Hall–Kier alpha value is -2.24. The highest BCUT2D eigenvalue weighted by Crippen LogP contribution is 2.34. The number of carbonyl (C=O) groups is 1. The summed E-state index contributed by atoms with van der Waals surface area (Å²) in [6, 6.07) is 5.95. The highest BCUT2D eigenvalue weighted by molar-refractivity contribution is 5.75. The van der Waals surface area contributed by atoms with Crippen LogP contribution in [0.5, 0.6) is 0 Å². The van der Waals surface area contributed by atoms with E-state index in [-0.39, 0.29) is 12.1 Å². The largest absolute Gasteiger partial charge is 0.467 e. The van der Waals surface area contributed by atoms with Gasteiger partial charge in [-0.1, -0.05) is 6.92 Å². The SMILES string of the molecule is CCc1cc(CNC(=O)N(C2CC2)[C@H](C)c2ccco2)[nH]n1. The van der Waals surface area contributed by atoms with Crippen molar-refractivity contribution in [3.63, 3.8) is 0 Å². The predicted octanol–water partition coefficient (Wildman–Crippen LogP) is 3.00. The molecule has 2 heterocycles. The highest BCUT2D eigenvalue weighted by atomic mass is 16.3. The number of furan rings is 1. The van der Waals surface area contributed by atoms with Gasteiger partial charge in [-0.05, 0) is 44.4 Å². The Labute approximate surface area is 129 Å². The lowest BCUT2D eigenvalue weighted by Gasteiger charge is -2.28. The second kappa shape index (κ2) is 6.25. The predicted molar refractivity (Wildman–Crippen MR) is 82.2 cm³/mol. The first-order valence-corrected chi connectivity index (χ1v) is 7.81.